The average Bonchev–Trinajstić information content (AvgIpc) is 3.13. The van der Waals surface area contributed by atoms with Gasteiger partial charge < -0.3 is 60.2 Å². The molecule has 2 aromatic rings. The van der Waals surface area contributed by atoms with E-state index in [2.05, 4.69) is 0 Å². The number of pyridine rings is 2. The van der Waals surface area contributed by atoms with E-state index in [9.17, 15) is 52.8 Å². The van der Waals surface area contributed by atoms with Crippen LogP contribution in [0.2, 0.25) is 0 Å². The van der Waals surface area contributed by atoms with Gasteiger partial charge in [-0.05, 0) is 36.9 Å². The molecule has 9 N–H and O–H groups in total. The molecule has 0 aliphatic carbocycles. The van der Waals surface area contributed by atoms with Crippen LogP contribution in [0.5, 0.6) is 0 Å². The highest BCUT2D eigenvalue weighted by atomic mass is 31.2. The summed E-state index contributed by atoms with van der Waals surface area (Å²) in [5.74, 6) is -4.17. The lowest BCUT2D eigenvalue weighted by atomic mass is 10.1. The quantitative estimate of drug-likeness (QED) is 0.0365. The molecule has 0 amide bonds. The molecule has 2 heterocycles. The zero-order valence-corrected chi connectivity index (χ0v) is 33.0. The van der Waals surface area contributed by atoms with Gasteiger partial charge in [0.2, 0.25) is 13.6 Å². The van der Waals surface area contributed by atoms with Crippen molar-refractivity contribution in [2.75, 3.05) is 33.3 Å². The van der Waals surface area contributed by atoms with Gasteiger partial charge in [-0.1, -0.05) is 27.7 Å². The topological polar surface area (TPSA) is 341 Å². The Balaban J connectivity index is 2.05. The minimum atomic E-state index is -5.69. The number of carbonyl (C=O) groups is 4. The maximum atomic E-state index is 13.2. The Hall–Kier alpha value is -4.08. The molecule has 2 unspecified atom stereocenters. The van der Waals surface area contributed by atoms with E-state index in [0.717, 1.165) is 45.8 Å². The fourth-order valence-electron chi connectivity index (χ4n) is 4.34. The summed E-state index contributed by atoms with van der Waals surface area (Å²) < 4.78 is 57.6. The lowest BCUT2D eigenvalue weighted by Gasteiger charge is -2.33. The molecule has 0 fully saturated rings. The van der Waals surface area contributed by atoms with Gasteiger partial charge in [0.1, 0.15) is 25.3 Å². The number of nitrogens with two attached hydrogens (primary N) is 3. The first kappa shape index (κ1) is 48.1. The molecule has 22 nitrogen and oxygen atoms in total. The van der Waals surface area contributed by atoms with Gasteiger partial charge in [-0.25, -0.2) is 9.59 Å². The number of carbonyl (C=O) groups excluding carboxylic acids is 4. The molecule has 2 aromatic heterocycles. The van der Waals surface area contributed by atoms with Crippen molar-refractivity contribution in [2.24, 2.45) is 29.0 Å². The van der Waals surface area contributed by atoms with Gasteiger partial charge in [0.25, 0.3) is 16.2 Å². The molecule has 0 bridgehead atoms. The van der Waals surface area contributed by atoms with Gasteiger partial charge in [-0.3, -0.25) is 37.4 Å². The number of ether oxygens (including phenoxy) is 4. The molecule has 0 radical (unpaired) electrons. The molecule has 0 aliphatic rings. The number of hydrogen-bond donors (Lipinski definition) is 6. The Morgan fingerprint density at radius 3 is 1.43 bits per heavy atom. The van der Waals surface area contributed by atoms with Gasteiger partial charge in [0, 0.05) is 30.9 Å². The van der Waals surface area contributed by atoms with Crippen molar-refractivity contribution in [3.63, 3.8) is 0 Å². The lowest BCUT2D eigenvalue weighted by molar-refractivity contribution is -0.147. The molecule has 56 heavy (non-hydrogen) atoms. The number of esters is 4. The van der Waals surface area contributed by atoms with Crippen LogP contribution in [0.1, 0.15) is 61.3 Å². The maximum absolute atomic E-state index is 13.2. The zero-order valence-electron chi connectivity index (χ0n) is 31.2. The van der Waals surface area contributed by atoms with Gasteiger partial charge in [0.05, 0.1) is 24.2 Å². The second-order valence-corrected chi connectivity index (χ2v) is 17.3. The molecule has 0 spiro atoms. The van der Waals surface area contributed by atoms with Crippen LogP contribution in [0.4, 0.5) is 0 Å². The second kappa shape index (κ2) is 21.4. The summed E-state index contributed by atoms with van der Waals surface area (Å²) in [5.41, 5.74) is 15.2. The average molecular weight is 838 g/mol. The standard InChI is InChI=1S/C32H49N5O17P2/c1-20(2)26(34)30(42)49-14-12-36-16-22(6-8-24(36)38)28(40)51-18-53-55(45,46)32(44,10-5-11-33)56(47,48)54-19-52-29(41)23-7-9-25(39)37(17-23)13-15-50-31(43)27(35)21(3)4/h6-9,16-17,20-21,26-27,44H,5,10-15,18-19,33-35H2,1-4H3,(H,45,46)(H,47,48)/t26-,27-/m0/s1. The third-order valence-corrected chi connectivity index (χ3v) is 12.7. The second-order valence-electron chi connectivity index (χ2n) is 12.8. The van der Waals surface area contributed by atoms with Crippen LogP contribution in [-0.4, -0.2) is 98.4 Å². The molecular formula is C32H49N5O17P2. The Morgan fingerprint density at radius 1 is 0.714 bits per heavy atom. The lowest BCUT2D eigenvalue weighted by Crippen LogP contribution is -2.37. The number of aromatic nitrogens is 2. The third kappa shape index (κ3) is 13.3. The van der Waals surface area contributed by atoms with E-state index in [0.29, 0.717) is 0 Å². The van der Waals surface area contributed by atoms with Crippen LogP contribution in [0, 0.1) is 11.8 Å². The maximum Gasteiger partial charge on any atom is 0.374 e. The van der Waals surface area contributed by atoms with Crippen LogP contribution in [0.15, 0.2) is 46.2 Å². The van der Waals surface area contributed by atoms with Crippen molar-refractivity contribution in [3.05, 3.63) is 68.5 Å². The first-order valence-corrected chi connectivity index (χ1v) is 20.2. The highest BCUT2D eigenvalue weighted by Crippen LogP contribution is 2.73. The molecular weight excluding hydrogens is 788 g/mol. The normalized spacial score (nSPS) is 15.9. The van der Waals surface area contributed by atoms with Crippen molar-refractivity contribution in [2.45, 2.75) is 70.8 Å². The van der Waals surface area contributed by atoms with Crippen LogP contribution >= 0.6 is 15.2 Å². The summed E-state index contributed by atoms with van der Waals surface area (Å²) in [6.45, 7) is 3.05. The van der Waals surface area contributed by atoms with E-state index in [1.54, 1.807) is 27.7 Å². The van der Waals surface area contributed by atoms with Crippen LogP contribution in [-0.2, 0) is 59.8 Å². The van der Waals surface area contributed by atoms with Crippen molar-refractivity contribution in [3.8, 4) is 0 Å². The number of hydrogen-bond acceptors (Lipinski definition) is 18. The van der Waals surface area contributed by atoms with Gasteiger partial charge in [-0.2, -0.15) is 0 Å². The van der Waals surface area contributed by atoms with E-state index in [-0.39, 0.29) is 62.2 Å². The predicted molar refractivity (Wildman–Crippen MR) is 195 cm³/mol. The third-order valence-electron chi connectivity index (χ3n) is 8.03. The van der Waals surface area contributed by atoms with E-state index < -0.39 is 87.4 Å². The molecule has 0 saturated heterocycles. The molecule has 2 rings (SSSR count). The fourth-order valence-corrected chi connectivity index (χ4v) is 7.65. The molecule has 0 aliphatic heterocycles. The summed E-state index contributed by atoms with van der Waals surface area (Å²) in [6.07, 6.45) is 0.815. The summed E-state index contributed by atoms with van der Waals surface area (Å²) >= 11 is 0. The summed E-state index contributed by atoms with van der Waals surface area (Å²) in [6, 6.07) is 2.34. The highest BCUT2D eigenvalue weighted by molar-refractivity contribution is 7.72. The minimum Gasteiger partial charge on any atom is -0.463 e. The monoisotopic (exact) mass is 837 g/mol. The molecule has 24 heteroatoms. The highest BCUT2D eigenvalue weighted by Gasteiger charge is 2.62. The summed E-state index contributed by atoms with van der Waals surface area (Å²) in [4.78, 5) is 95.0. The Kier molecular flexibility index (Phi) is 18.4. The van der Waals surface area contributed by atoms with Gasteiger partial charge >= 0.3 is 39.1 Å². The Labute approximate surface area is 320 Å². The first-order chi connectivity index (χ1) is 26.1. The fraction of sp³-hybridized carbons (Fsp3) is 0.562. The van der Waals surface area contributed by atoms with Crippen molar-refractivity contribution in [1.82, 2.24) is 9.13 Å². The van der Waals surface area contributed by atoms with Crippen molar-refractivity contribution in [1.29, 1.82) is 0 Å². The van der Waals surface area contributed by atoms with E-state index in [1.165, 1.54) is 0 Å². The smallest absolute Gasteiger partial charge is 0.374 e. The Bertz CT molecular complexity index is 1770. The molecule has 4 atom stereocenters. The number of aliphatic hydroxyl groups is 1. The van der Waals surface area contributed by atoms with Crippen LogP contribution in [0.25, 0.3) is 0 Å². The SMILES string of the molecule is CC(C)[C@H](N)C(=O)OCCn1cc(C(=O)OCOP(=O)(O)C(O)(CCCN)P(=O)(O)OCOC(=O)c2ccc(=O)n(CCOC(=O)[C@@H](N)C(C)C)c2)ccc1=O. The van der Waals surface area contributed by atoms with Crippen molar-refractivity contribution < 1.29 is 71.2 Å². The zero-order chi connectivity index (χ0) is 42.4. The van der Waals surface area contributed by atoms with E-state index in [4.69, 9.17) is 45.2 Å². The summed E-state index contributed by atoms with van der Waals surface area (Å²) in [5, 5.41) is 7.51. The summed E-state index contributed by atoms with van der Waals surface area (Å²) in [7, 11) is -11.4. The minimum absolute atomic E-state index is 0.173. The van der Waals surface area contributed by atoms with Crippen LogP contribution < -0.4 is 28.3 Å². The van der Waals surface area contributed by atoms with Crippen molar-refractivity contribution >= 4 is 39.1 Å². The first-order valence-electron chi connectivity index (χ1n) is 17.1. The van der Waals surface area contributed by atoms with E-state index in [1.807, 2.05) is 0 Å². The predicted octanol–water partition coefficient (Wildman–Crippen LogP) is -0.219. The number of rotatable bonds is 23. The van der Waals surface area contributed by atoms with E-state index >= 15 is 0 Å². The van der Waals surface area contributed by atoms with Gasteiger partial charge in [-0.15, -0.1) is 0 Å². The van der Waals surface area contributed by atoms with Crippen LogP contribution in [0.3, 0.4) is 0 Å². The molecule has 314 valence electrons. The molecule has 0 saturated carbocycles. The Morgan fingerprint density at radius 2 is 1.09 bits per heavy atom. The largest absolute Gasteiger partial charge is 0.463 e. The number of nitrogens with zero attached hydrogens (tertiary/aromatic N) is 2. The van der Waals surface area contributed by atoms with Gasteiger partial charge in [0.15, 0.2) is 0 Å². The molecule has 0 aromatic carbocycles.